The lowest BCUT2D eigenvalue weighted by molar-refractivity contribution is 0.0776. The number of pyridine rings is 2. The number of halogens is 1. The van der Waals surface area contributed by atoms with Crippen molar-refractivity contribution in [2.24, 2.45) is 5.92 Å². The zero-order valence-electron chi connectivity index (χ0n) is 19.3. The van der Waals surface area contributed by atoms with Gasteiger partial charge >= 0.3 is 0 Å². The highest BCUT2D eigenvalue weighted by Gasteiger charge is 2.27. The molecule has 2 N–H and O–H groups in total. The standard InChI is InChI=1S/C27H18FN7OS/c28-22-16-4-5-18-21(22)24(34-33-18)26-31-23-17(8-9-30-25(23)32-26)19-6-7-20(37-19)35(27(36)13-2-1-3-13)15-10-14(16)11-29-12-15/h4-13,33-34H,1-3H2. The van der Waals surface area contributed by atoms with Gasteiger partial charge in [0.25, 0.3) is 0 Å². The van der Waals surface area contributed by atoms with E-state index < -0.39 is 5.82 Å². The number of nitrogens with zero attached hydrogens (tertiary/aromatic N) is 5. The highest BCUT2D eigenvalue weighted by molar-refractivity contribution is 7.24. The Balaban J connectivity index is 1.61. The molecule has 0 spiro atoms. The molecule has 0 atom stereocenters. The maximum absolute atomic E-state index is 16.2. The molecule has 180 valence electrons. The summed E-state index contributed by atoms with van der Waals surface area (Å²) in [7, 11) is 0. The number of carbonyl (C=O) groups excluding carboxylic acids is 1. The van der Waals surface area contributed by atoms with Crippen LogP contribution in [0.2, 0.25) is 0 Å². The summed E-state index contributed by atoms with van der Waals surface area (Å²) in [5.74, 6) is -0.411. The smallest absolute Gasteiger partial charge is 0.235 e. The third-order valence-electron chi connectivity index (χ3n) is 7.32. The second kappa shape index (κ2) is 7.53. The minimum absolute atomic E-state index is 0.0292. The van der Waals surface area contributed by atoms with Gasteiger partial charge in [-0.2, -0.15) is 0 Å². The van der Waals surface area contributed by atoms with Crippen molar-refractivity contribution in [3.63, 3.8) is 0 Å². The van der Waals surface area contributed by atoms with Crippen molar-refractivity contribution in [2.45, 2.75) is 19.3 Å². The molecule has 3 aliphatic rings. The molecule has 8 rings (SSSR count). The van der Waals surface area contributed by atoms with Gasteiger partial charge in [-0.05, 0) is 49.2 Å². The fourth-order valence-electron chi connectivity index (χ4n) is 5.18. The lowest BCUT2D eigenvalue weighted by Gasteiger charge is -2.24. The van der Waals surface area contributed by atoms with E-state index in [-0.39, 0.29) is 11.8 Å². The first-order valence-corrected chi connectivity index (χ1v) is 12.9. The predicted octanol–water partition coefficient (Wildman–Crippen LogP) is 6.36. The number of hydrogen-bond donors (Lipinski definition) is 2. The largest absolute Gasteiger partial charge is 0.300 e. The van der Waals surface area contributed by atoms with E-state index in [4.69, 9.17) is 4.98 Å². The number of nitrogens with one attached hydrogen (secondary N) is 2. The molecule has 1 aromatic carbocycles. The molecule has 0 unspecified atom stereocenters. The van der Waals surface area contributed by atoms with Crippen molar-refractivity contribution in [3.05, 3.63) is 60.8 Å². The van der Waals surface area contributed by atoms with Gasteiger partial charge < -0.3 is 0 Å². The number of H-pyrrole nitrogens is 2. The number of hydrogen-bond acceptors (Lipinski definition) is 6. The Bertz CT molecular complexity index is 2080. The van der Waals surface area contributed by atoms with Crippen molar-refractivity contribution >= 4 is 70.8 Å². The van der Waals surface area contributed by atoms with E-state index >= 15 is 4.39 Å². The van der Waals surface area contributed by atoms with Crippen LogP contribution >= 0.6 is 11.3 Å². The minimum atomic E-state index is -0.421. The third-order valence-corrected chi connectivity index (χ3v) is 8.42. The molecule has 10 heteroatoms. The number of aromatic amines is 2. The molecule has 1 aliphatic carbocycles. The Morgan fingerprint density at radius 1 is 1.03 bits per heavy atom. The molecule has 1 saturated carbocycles. The number of aromatic nitrogens is 7. The van der Waals surface area contributed by atoms with Gasteiger partial charge in [-0.1, -0.05) is 6.42 Å². The highest BCUT2D eigenvalue weighted by atomic mass is 32.1. The van der Waals surface area contributed by atoms with Gasteiger partial charge in [0, 0.05) is 39.2 Å². The van der Waals surface area contributed by atoms with E-state index in [0.717, 1.165) is 34.2 Å². The van der Waals surface area contributed by atoms with E-state index in [1.54, 1.807) is 29.2 Å². The Morgan fingerprint density at radius 2 is 1.95 bits per heavy atom. The summed E-state index contributed by atoms with van der Waals surface area (Å²) in [6, 6.07) is 11.2. The fraction of sp³-hybridized carbons (Fsp3) is 0.148. The molecule has 4 aromatic heterocycles. The number of fused-ring (bicyclic) bond motifs is 9. The minimum Gasteiger partial charge on any atom is -0.300 e. The van der Waals surface area contributed by atoms with E-state index in [2.05, 4.69) is 25.1 Å². The van der Waals surface area contributed by atoms with Gasteiger partial charge in [-0.25, -0.2) is 19.3 Å². The molecule has 2 aliphatic heterocycles. The first-order valence-electron chi connectivity index (χ1n) is 12.1. The molecule has 1 fully saturated rings. The summed E-state index contributed by atoms with van der Waals surface area (Å²) >= 11 is 1.50. The highest BCUT2D eigenvalue weighted by Crippen LogP contribution is 2.36. The molecular weight excluding hydrogens is 489 g/mol. The van der Waals surface area contributed by atoms with Crippen molar-refractivity contribution < 1.29 is 9.18 Å². The van der Waals surface area contributed by atoms with Gasteiger partial charge in [0.15, 0.2) is 11.3 Å². The first kappa shape index (κ1) is 20.7. The van der Waals surface area contributed by atoms with Crippen LogP contribution in [0.1, 0.15) is 24.1 Å². The first-order chi connectivity index (χ1) is 18.2. The van der Waals surface area contributed by atoms with Crippen LogP contribution < -0.4 is 0 Å². The fourth-order valence-corrected chi connectivity index (χ4v) is 6.23. The molecule has 6 heterocycles. The van der Waals surface area contributed by atoms with Crippen molar-refractivity contribution in [1.29, 1.82) is 0 Å². The molecular formula is C27H18FN7OS. The van der Waals surface area contributed by atoms with Gasteiger partial charge in [-0.15, -0.1) is 11.3 Å². The second-order valence-corrected chi connectivity index (χ2v) is 10.5. The average molecular weight is 508 g/mol. The van der Waals surface area contributed by atoms with Crippen LogP contribution in [-0.4, -0.2) is 40.6 Å². The van der Waals surface area contributed by atoms with Gasteiger partial charge in [0.1, 0.15) is 21.9 Å². The van der Waals surface area contributed by atoms with Gasteiger partial charge in [0.05, 0.1) is 22.8 Å². The predicted molar refractivity (Wildman–Crippen MR) is 142 cm³/mol. The number of benzene rings is 1. The van der Waals surface area contributed by atoms with Crippen molar-refractivity contribution in [3.8, 4) is 11.3 Å². The third kappa shape index (κ3) is 2.96. The number of rotatable bonds is 1. The lowest BCUT2D eigenvalue weighted by Crippen LogP contribution is -2.27. The second-order valence-electron chi connectivity index (χ2n) is 9.42. The number of imidazole rings is 1. The SMILES string of the molecule is O=C(C1CCC1)n1c2cncc(c2)c2ccc3[nH][nH]c(c4nc5nccc(c6ccc1s6)c5n4)-c3c2F. The van der Waals surface area contributed by atoms with Gasteiger partial charge in [-0.3, -0.25) is 24.5 Å². The summed E-state index contributed by atoms with van der Waals surface area (Å²) in [5.41, 5.74) is 3.48. The van der Waals surface area contributed by atoms with Crippen LogP contribution in [0.15, 0.2) is 55.0 Å². The quantitative estimate of drug-likeness (QED) is 0.269. The number of carbonyl (C=O) groups is 1. The summed E-state index contributed by atoms with van der Waals surface area (Å²) in [5, 5.41) is 7.90. The Hall–Kier alpha value is -4.44. The van der Waals surface area contributed by atoms with Crippen LogP contribution in [0.4, 0.5) is 4.39 Å². The summed E-state index contributed by atoms with van der Waals surface area (Å²) in [6.45, 7) is 0. The van der Waals surface area contributed by atoms with E-state index in [1.807, 2.05) is 30.3 Å². The van der Waals surface area contributed by atoms with Crippen LogP contribution in [0.5, 0.6) is 0 Å². The molecule has 37 heavy (non-hydrogen) atoms. The van der Waals surface area contributed by atoms with E-state index in [0.29, 0.717) is 49.9 Å². The van der Waals surface area contributed by atoms with E-state index in [9.17, 15) is 4.79 Å². The van der Waals surface area contributed by atoms with Crippen LogP contribution in [0, 0.1) is 11.7 Å². The molecule has 0 amide bonds. The maximum atomic E-state index is 16.2. The van der Waals surface area contributed by atoms with Crippen LogP contribution in [0.3, 0.4) is 0 Å². The van der Waals surface area contributed by atoms with Crippen LogP contribution in [-0.2, 0) is 0 Å². The molecule has 8 nitrogen and oxygen atoms in total. The summed E-state index contributed by atoms with van der Waals surface area (Å²) in [6.07, 6.45) is 7.78. The van der Waals surface area contributed by atoms with Crippen LogP contribution in [0.25, 0.3) is 64.8 Å². The average Bonchev–Trinajstić information content (AvgIpc) is 3.61. The zero-order valence-corrected chi connectivity index (χ0v) is 20.1. The summed E-state index contributed by atoms with van der Waals surface area (Å²) < 4.78 is 18.8. The monoisotopic (exact) mass is 507 g/mol. The van der Waals surface area contributed by atoms with Crippen molar-refractivity contribution in [2.75, 3.05) is 0 Å². The van der Waals surface area contributed by atoms with E-state index in [1.165, 1.54) is 11.3 Å². The zero-order chi connectivity index (χ0) is 24.7. The summed E-state index contributed by atoms with van der Waals surface area (Å²) in [4.78, 5) is 32.7. The molecule has 0 radical (unpaired) electrons. The van der Waals surface area contributed by atoms with Crippen molar-refractivity contribution in [1.82, 2.24) is 34.7 Å². The lowest BCUT2D eigenvalue weighted by atomic mass is 9.84. The molecule has 5 aromatic rings. The Kier molecular flexibility index (Phi) is 4.22. The Labute approximate surface area is 211 Å². The topological polar surface area (TPSA) is 105 Å². The maximum Gasteiger partial charge on any atom is 0.235 e. The van der Waals surface area contributed by atoms with Gasteiger partial charge in [0.2, 0.25) is 5.91 Å². The molecule has 0 saturated heterocycles. The molecule has 8 bridgehead atoms. The normalized spacial score (nSPS) is 14.3. The number of thiophene rings is 1. The Morgan fingerprint density at radius 3 is 2.81 bits per heavy atom.